The van der Waals surface area contributed by atoms with Crippen molar-refractivity contribution in [2.24, 2.45) is 0 Å². The van der Waals surface area contributed by atoms with E-state index in [0.717, 1.165) is 13.0 Å². The van der Waals surface area contributed by atoms with Crippen molar-refractivity contribution >= 4 is 10.1 Å². The molecule has 12 heavy (non-hydrogen) atoms. The Bertz CT molecular complexity index is 201. The molecule has 0 aliphatic rings. The zero-order valence-corrected chi connectivity index (χ0v) is 8.39. The molecule has 0 aromatic rings. The monoisotopic (exact) mass is 195 g/mol. The summed E-state index contributed by atoms with van der Waals surface area (Å²) in [6.45, 7) is 4.86. The van der Waals surface area contributed by atoms with Gasteiger partial charge in [0.15, 0.2) is 0 Å². The third kappa shape index (κ3) is 4.69. The van der Waals surface area contributed by atoms with Crippen LogP contribution in [0.25, 0.3) is 0 Å². The Morgan fingerprint density at radius 2 is 2.00 bits per heavy atom. The Hall–Kier alpha value is -0.130. The van der Waals surface area contributed by atoms with Crippen LogP contribution in [-0.4, -0.2) is 31.3 Å². The minimum Gasteiger partial charge on any atom is -0.315 e. The standard InChI is InChI=1S/C7H17NO3S/c1-3-5-8-6-7(4-2)12(9,10)11/h7-8H,3-6H2,1-2H3,(H,9,10,11). The molecule has 0 aromatic carbocycles. The van der Waals surface area contributed by atoms with Gasteiger partial charge in [0.25, 0.3) is 10.1 Å². The fraction of sp³-hybridized carbons (Fsp3) is 1.00. The first-order valence-corrected chi connectivity index (χ1v) is 5.69. The van der Waals surface area contributed by atoms with Gasteiger partial charge in [-0.05, 0) is 19.4 Å². The summed E-state index contributed by atoms with van der Waals surface area (Å²) in [4.78, 5) is 0. The van der Waals surface area contributed by atoms with Crippen LogP contribution in [0.3, 0.4) is 0 Å². The second-order valence-corrected chi connectivity index (χ2v) is 4.45. The first-order valence-electron chi connectivity index (χ1n) is 4.19. The molecule has 4 nitrogen and oxygen atoms in total. The van der Waals surface area contributed by atoms with Crippen LogP contribution in [0.5, 0.6) is 0 Å². The molecule has 1 atom stereocenters. The van der Waals surface area contributed by atoms with Gasteiger partial charge in [-0.3, -0.25) is 4.55 Å². The largest absolute Gasteiger partial charge is 0.315 e. The third-order valence-corrected chi connectivity index (χ3v) is 3.02. The average molecular weight is 195 g/mol. The summed E-state index contributed by atoms with van der Waals surface area (Å²) < 4.78 is 30.1. The molecule has 1 unspecified atom stereocenters. The topological polar surface area (TPSA) is 66.4 Å². The molecule has 74 valence electrons. The predicted molar refractivity (Wildman–Crippen MR) is 48.8 cm³/mol. The lowest BCUT2D eigenvalue weighted by atomic mass is 10.3. The minimum absolute atomic E-state index is 0.336. The molecule has 0 bridgehead atoms. The molecular weight excluding hydrogens is 178 g/mol. The molecule has 0 saturated carbocycles. The van der Waals surface area contributed by atoms with Gasteiger partial charge in [0.05, 0.1) is 5.25 Å². The Morgan fingerprint density at radius 1 is 1.42 bits per heavy atom. The fourth-order valence-electron chi connectivity index (χ4n) is 0.900. The van der Waals surface area contributed by atoms with Crippen molar-refractivity contribution in [1.29, 1.82) is 0 Å². The molecule has 0 saturated heterocycles. The molecule has 0 fully saturated rings. The van der Waals surface area contributed by atoms with E-state index >= 15 is 0 Å². The number of hydrogen-bond donors (Lipinski definition) is 2. The second-order valence-electron chi connectivity index (χ2n) is 2.75. The summed E-state index contributed by atoms with van der Waals surface area (Å²) in [6, 6.07) is 0. The summed E-state index contributed by atoms with van der Waals surface area (Å²) in [6.07, 6.45) is 1.40. The first kappa shape index (κ1) is 11.9. The second kappa shape index (κ2) is 5.50. The van der Waals surface area contributed by atoms with Crippen molar-refractivity contribution in [1.82, 2.24) is 5.32 Å². The molecule has 0 amide bonds. The van der Waals surface area contributed by atoms with Gasteiger partial charge < -0.3 is 5.32 Å². The maximum Gasteiger partial charge on any atom is 0.269 e. The molecular formula is C7H17NO3S. The summed E-state index contributed by atoms with van der Waals surface area (Å²) in [7, 11) is -3.86. The molecule has 5 heteroatoms. The van der Waals surface area contributed by atoms with Crippen molar-refractivity contribution < 1.29 is 13.0 Å². The van der Waals surface area contributed by atoms with Gasteiger partial charge >= 0.3 is 0 Å². The van der Waals surface area contributed by atoms with Gasteiger partial charge in [-0.15, -0.1) is 0 Å². The maximum absolute atomic E-state index is 10.7. The zero-order chi connectivity index (χ0) is 9.61. The molecule has 0 radical (unpaired) electrons. The van der Waals surface area contributed by atoms with Crippen LogP contribution >= 0.6 is 0 Å². The molecule has 2 N–H and O–H groups in total. The highest BCUT2D eigenvalue weighted by Crippen LogP contribution is 2.01. The average Bonchev–Trinajstić information content (AvgIpc) is 1.95. The predicted octanol–water partition coefficient (Wildman–Crippen LogP) is 0.652. The van der Waals surface area contributed by atoms with E-state index in [4.69, 9.17) is 4.55 Å². The summed E-state index contributed by atoms with van der Waals surface area (Å²) in [5, 5.41) is 2.29. The van der Waals surface area contributed by atoms with Crippen molar-refractivity contribution in [3.05, 3.63) is 0 Å². The van der Waals surface area contributed by atoms with E-state index in [9.17, 15) is 8.42 Å². The zero-order valence-electron chi connectivity index (χ0n) is 7.58. The highest BCUT2D eigenvalue weighted by atomic mass is 32.2. The van der Waals surface area contributed by atoms with Gasteiger partial charge in [0.1, 0.15) is 0 Å². The van der Waals surface area contributed by atoms with Gasteiger partial charge in [-0.2, -0.15) is 8.42 Å². The molecule has 0 aromatic heterocycles. The number of rotatable bonds is 6. The summed E-state index contributed by atoms with van der Waals surface area (Å²) in [5.74, 6) is 0. The number of hydrogen-bond acceptors (Lipinski definition) is 3. The van der Waals surface area contributed by atoms with Crippen LogP contribution in [-0.2, 0) is 10.1 Å². The third-order valence-electron chi connectivity index (χ3n) is 1.68. The van der Waals surface area contributed by atoms with Crippen molar-refractivity contribution in [3.8, 4) is 0 Å². The van der Waals surface area contributed by atoms with Gasteiger partial charge in [0, 0.05) is 6.54 Å². The molecule has 0 rings (SSSR count). The Balaban J connectivity index is 3.85. The Morgan fingerprint density at radius 3 is 2.33 bits per heavy atom. The van der Waals surface area contributed by atoms with E-state index in [1.807, 2.05) is 6.92 Å². The van der Waals surface area contributed by atoms with Crippen molar-refractivity contribution in [2.45, 2.75) is 31.9 Å². The lowest BCUT2D eigenvalue weighted by molar-refractivity contribution is 0.458. The smallest absolute Gasteiger partial charge is 0.269 e. The maximum atomic E-state index is 10.7. The quantitative estimate of drug-likeness (QED) is 0.482. The Labute approximate surface area is 74.1 Å². The van der Waals surface area contributed by atoms with Crippen LogP contribution in [0.4, 0.5) is 0 Å². The van der Waals surface area contributed by atoms with Gasteiger partial charge in [-0.1, -0.05) is 13.8 Å². The van der Waals surface area contributed by atoms with Crippen molar-refractivity contribution in [2.75, 3.05) is 13.1 Å². The minimum atomic E-state index is -3.86. The molecule has 0 spiro atoms. The van der Waals surface area contributed by atoms with Crippen LogP contribution in [0, 0.1) is 0 Å². The van der Waals surface area contributed by atoms with E-state index < -0.39 is 15.4 Å². The van der Waals surface area contributed by atoms with Crippen LogP contribution in [0.15, 0.2) is 0 Å². The highest BCUT2D eigenvalue weighted by Gasteiger charge is 2.19. The Kier molecular flexibility index (Phi) is 5.44. The summed E-state index contributed by atoms with van der Waals surface area (Å²) >= 11 is 0. The lowest BCUT2D eigenvalue weighted by Gasteiger charge is -2.11. The van der Waals surface area contributed by atoms with E-state index in [2.05, 4.69) is 5.32 Å². The summed E-state index contributed by atoms with van der Waals surface area (Å²) in [5.41, 5.74) is 0. The van der Waals surface area contributed by atoms with E-state index in [-0.39, 0.29) is 0 Å². The molecule has 0 aliphatic carbocycles. The normalized spacial score (nSPS) is 14.6. The molecule has 0 heterocycles. The van der Waals surface area contributed by atoms with E-state index in [1.165, 1.54) is 0 Å². The fourth-order valence-corrected chi connectivity index (χ4v) is 1.65. The van der Waals surface area contributed by atoms with Crippen LogP contribution in [0.2, 0.25) is 0 Å². The first-order chi connectivity index (χ1) is 5.52. The lowest BCUT2D eigenvalue weighted by Crippen LogP contribution is -2.33. The van der Waals surface area contributed by atoms with Gasteiger partial charge in [0.2, 0.25) is 0 Å². The van der Waals surface area contributed by atoms with E-state index in [0.29, 0.717) is 13.0 Å². The molecule has 0 aliphatic heterocycles. The van der Waals surface area contributed by atoms with Crippen molar-refractivity contribution in [3.63, 3.8) is 0 Å². The highest BCUT2D eigenvalue weighted by molar-refractivity contribution is 7.86. The van der Waals surface area contributed by atoms with Gasteiger partial charge in [-0.25, -0.2) is 0 Å². The number of nitrogens with one attached hydrogen (secondary N) is 1. The van der Waals surface area contributed by atoms with Crippen LogP contribution in [0.1, 0.15) is 26.7 Å². The van der Waals surface area contributed by atoms with Crippen LogP contribution < -0.4 is 5.32 Å². The SMILES string of the molecule is CCCNCC(CC)S(=O)(=O)O. The van der Waals surface area contributed by atoms with E-state index in [1.54, 1.807) is 6.92 Å².